The Morgan fingerprint density at radius 2 is 2.08 bits per heavy atom. The molecule has 7 nitrogen and oxygen atoms in total. The third-order valence-electron chi connectivity index (χ3n) is 4.02. The van der Waals surface area contributed by atoms with Gasteiger partial charge in [-0.3, -0.25) is 0 Å². The van der Waals surface area contributed by atoms with Gasteiger partial charge in [0.15, 0.2) is 0 Å². The Morgan fingerprint density at radius 1 is 1.31 bits per heavy atom. The summed E-state index contributed by atoms with van der Waals surface area (Å²) in [5.41, 5.74) is 2.05. The van der Waals surface area contributed by atoms with Crippen molar-refractivity contribution >= 4 is 23.7 Å². The van der Waals surface area contributed by atoms with Gasteiger partial charge in [0.1, 0.15) is 11.8 Å². The van der Waals surface area contributed by atoms with Gasteiger partial charge < -0.3 is 14.8 Å². The lowest BCUT2D eigenvalue weighted by atomic mass is 9.95. The maximum absolute atomic E-state index is 12.7. The van der Waals surface area contributed by atoms with Crippen molar-refractivity contribution in [3.63, 3.8) is 0 Å². The van der Waals surface area contributed by atoms with Gasteiger partial charge in [-0.1, -0.05) is 30.0 Å². The summed E-state index contributed by atoms with van der Waals surface area (Å²) in [6.45, 7) is 6.40. The fourth-order valence-electron chi connectivity index (χ4n) is 2.97. The molecule has 1 aliphatic rings. The summed E-state index contributed by atoms with van der Waals surface area (Å²) in [6.07, 6.45) is 1.91. The number of nitrogens with zero attached hydrogens (tertiary/aromatic N) is 3. The standard InChI is InChI=1S/C18H22N4O3S/c1-5-24-13-10-8-7-9-12(13)15-14(16(23)25-6-2)11(3)19-17-20-18(26-4)21-22(15)17/h7-10,15H,5-6H2,1-4H3,(H,19,20,21)/t15-/m0/s1. The van der Waals surface area contributed by atoms with Gasteiger partial charge >= 0.3 is 5.97 Å². The maximum Gasteiger partial charge on any atom is 0.338 e. The van der Waals surface area contributed by atoms with Crippen LogP contribution in [0.3, 0.4) is 0 Å². The smallest absolute Gasteiger partial charge is 0.338 e. The zero-order valence-corrected chi connectivity index (χ0v) is 16.1. The van der Waals surface area contributed by atoms with Crippen molar-refractivity contribution in [1.29, 1.82) is 0 Å². The van der Waals surface area contributed by atoms with Gasteiger partial charge in [-0.2, -0.15) is 4.98 Å². The van der Waals surface area contributed by atoms with Gasteiger partial charge in [0, 0.05) is 11.3 Å². The van der Waals surface area contributed by atoms with E-state index in [0.717, 1.165) is 5.56 Å². The second-order valence-corrected chi connectivity index (χ2v) is 6.40. The molecule has 0 unspecified atom stereocenters. The molecule has 0 saturated carbocycles. The molecule has 0 amide bonds. The van der Waals surface area contributed by atoms with E-state index in [2.05, 4.69) is 15.4 Å². The predicted molar refractivity (Wildman–Crippen MR) is 101 cm³/mol. The average Bonchev–Trinajstić information content (AvgIpc) is 3.04. The van der Waals surface area contributed by atoms with Gasteiger partial charge in [0.2, 0.25) is 11.1 Å². The number of fused-ring (bicyclic) bond motifs is 1. The number of thioether (sulfide) groups is 1. The van der Waals surface area contributed by atoms with Crippen molar-refractivity contribution in [2.24, 2.45) is 0 Å². The van der Waals surface area contributed by atoms with E-state index in [1.807, 2.05) is 44.4 Å². The maximum atomic E-state index is 12.7. The summed E-state index contributed by atoms with van der Waals surface area (Å²) in [6, 6.07) is 7.19. The summed E-state index contributed by atoms with van der Waals surface area (Å²) in [4.78, 5) is 17.2. The van der Waals surface area contributed by atoms with Gasteiger partial charge in [-0.15, -0.1) is 5.10 Å². The van der Waals surface area contributed by atoms with E-state index in [9.17, 15) is 4.79 Å². The van der Waals surface area contributed by atoms with Crippen molar-refractivity contribution in [3.05, 3.63) is 41.1 Å². The topological polar surface area (TPSA) is 78.3 Å². The Morgan fingerprint density at radius 3 is 2.77 bits per heavy atom. The minimum absolute atomic E-state index is 0.301. The second kappa shape index (κ2) is 7.82. The number of esters is 1. The minimum Gasteiger partial charge on any atom is -0.494 e. The Labute approximate surface area is 156 Å². The Hall–Kier alpha value is -2.48. The number of nitrogens with one attached hydrogen (secondary N) is 1. The van der Waals surface area contributed by atoms with Crippen LogP contribution in [0.2, 0.25) is 0 Å². The molecule has 0 aliphatic carbocycles. The van der Waals surface area contributed by atoms with Crippen LogP contribution in [-0.4, -0.2) is 40.2 Å². The van der Waals surface area contributed by atoms with Crippen LogP contribution in [0, 0.1) is 0 Å². The zero-order valence-electron chi connectivity index (χ0n) is 15.3. The number of aromatic nitrogens is 3. The van der Waals surface area contributed by atoms with E-state index in [4.69, 9.17) is 9.47 Å². The molecule has 0 spiro atoms. The molecule has 2 aromatic rings. The van der Waals surface area contributed by atoms with Crippen LogP contribution in [0.15, 0.2) is 40.7 Å². The number of carbonyl (C=O) groups excluding carboxylic acids is 1. The number of hydrogen-bond acceptors (Lipinski definition) is 7. The largest absolute Gasteiger partial charge is 0.494 e. The fourth-order valence-corrected chi connectivity index (χ4v) is 3.32. The van der Waals surface area contributed by atoms with Gasteiger partial charge in [-0.25, -0.2) is 9.48 Å². The van der Waals surface area contributed by atoms with E-state index in [-0.39, 0.29) is 5.97 Å². The summed E-state index contributed by atoms with van der Waals surface area (Å²) in [7, 11) is 0. The zero-order chi connectivity index (χ0) is 18.7. The molecule has 0 bridgehead atoms. The molecule has 2 heterocycles. The second-order valence-electron chi connectivity index (χ2n) is 5.62. The van der Waals surface area contributed by atoms with E-state index < -0.39 is 6.04 Å². The molecular weight excluding hydrogens is 352 g/mol. The van der Waals surface area contributed by atoms with E-state index in [1.165, 1.54) is 11.8 Å². The van der Waals surface area contributed by atoms with Crippen LogP contribution >= 0.6 is 11.8 Å². The molecule has 0 saturated heterocycles. The quantitative estimate of drug-likeness (QED) is 0.614. The first-order valence-corrected chi connectivity index (χ1v) is 9.70. The first-order valence-electron chi connectivity index (χ1n) is 8.47. The molecule has 8 heteroatoms. The molecule has 0 fully saturated rings. The van der Waals surface area contributed by atoms with Crippen molar-refractivity contribution in [3.8, 4) is 5.75 Å². The normalized spacial score (nSPS) is 16.1. The number of allylic oxidation sites excluding steroid dienone is 1. The van der Waals surface area contributed by atoms with E-state index in [1.54, 1.807) is 11.6 Å². The van der Waals surface area contributed by atoms with Crippen molar-refractivity contribution < 1.29 is 14.3 Å². The summed E-state index contributed by atoms with van der Waals surface area (Å²) >= 11 is 1.45. The number of carbonyl (C=O) groups is 1. The van der Waals surface area contributed by atoms with Crippen LogP contribution in [-0.2, 0) is 9.53 Å². The van der Waals surface area contributed by atoms with E-state index >= 15 is 0 Å². The Kier molecular flexibility index (Phi) is 5.51. The van der Waals surface area contributed by atoms with Gasteiger partial charge in [0.05, 0.1) is 18.8 Å². The summed E-state index contributed by atoms with van der Waals surface area (Å²) in [5.74, 6) is 0.931. The van der Waals surface area contributed by atoms with Crippen molar-refractivity contribution in [1.82, 2.24) is 14.8 Å². The highest BCUT2D eigenvalue weighted by atomic mass is 32.2. The van der Waals surface area contributed by atoms with Crippen LogP contribution < -0.4 is 10.1 Å². The molecule has 138 valence electrons. The monoisotopic (exact) mass is 374 g/mol. The third kappa shape index (κ3) is 3.29. The van der Waals surface area contributed by atoms with Crippen LogP contribution in [0.5, 0.6) is 5.75 Å². The highest BCUT2D eigenvalue weighted by molar-refractivity contribution is 7.98. The molecule has 26 heavy (non-hydrogen) atoms. The highest BCUT2D eigenvalue weighted by Crippen LogP contribution is 2.39. The lowest BCUT2D eigenvalue weighted by Gasteiger charge is -2.29. The number of para-hydroxylation sites is 1. The van der Waals surface area contributed by atoms with Crippen molar-refractivity contribution in [2.45, 2.75) is 32.0 Å². The Balaban J connectivity index is 2.19. The molecule has 0 radical (unpaired) electrons. The molecule has 1 atom stereocenters. The van der Waals surface area contributed by atoms with E-state index in [0.29, 0.717) is 41.3 Å². The van der Waals surface area contributed by atoms with Crippen LogP contribution in [0.1, 0.15) is 32.4 Å². The lowest BCUT2D eigenvalue weighted by molar-refractivity contribution is -0.139. The molecule has 3 rings (SSSR count). The molecule has 1 N–H and O–H groups in total. The minimum atomic E-state index is -0.471. The first-order chi connectivity index (χ1) is 12.6. The molecule has 1 aliphatic heterocycles. The lowest BCUT2D eigenvalue weighted by Crippen LogP contribution is -2.30. The summed E-state index contributed by atoms with van der Waals surface area (Å²) in [5, 5.41) is 8.36. The highest BCUT2D eigenvalue weighted by Gasteiger charge is 2.36. The molecule has 1 aromatic carbocycles. The molecule has 1 aromatic heterocycles. The number of hydrogen-bond donors (Lipinski definition) is 1. The number of rotatable bonds is 6. The number of ether oxygens (including phenoxy) is 2. The van der Waals surface area contributed by atoms with Gasteiger partial charge in [-0.05, 0) is 33.1 Å². The number of benzene rings is 1. The summed E-state index contributed by atoms with van der Waals surface area (Å²) < 4.78 is 12.8. The van der Waals surface area contributed by atoms with Crippen molar-refractivity contribution in [2.75, 3.05) is 24.8 Å². The Bertz CT molecular complexity index is 847. The van der Waals surface area contributed by atoms with Crippen LogP contribution in [0.25, 0.3) is 0 Å². The molecular formula is C18H22N4O3S. The average molecular weight is 374 g/mol. The third-order valence-corrected chi connectivity index (χ3v) is 4.56. The van der Waals surface area contributed by atoms with Crippen LogP contribution in [0.4, 0.5) is 5.95 Å². The first kappa shape index (κ1) is 18.3. The van der Waals surface area contributed by atoms with Gasteiger partial charge in [0.25, 0.3) is 0 Å². The SMILES string of the molecule is CCOC(=O)C1=C(C)Nc2nc(SC)nn2[C@H]1c1ccccc1OCC. The predicted octanol–water partition coefficient (Wildman–Crippen LogP) is 3.25. The number of anilines is 1. The fraction of sp³-hybridized carbons (Fsp3) is 0.389.